The van der Waals surface area contributed by atoms with Gasteiger partial charge in [0.05, 0.1) is 44.2 Å². The number of rotatable bonds is 14. The van der Waals surface area contributed by atoms with Crippen molar-refractivity contribution in [1.82, 2.24) is 0 Å². The molecule has 19 heteroatoms. The topological polar surface area (TPSA) is 217 Å². The molecule has 0 radical (unpaired) electrons. The maximum Gasteiger partial charge on any atom is 0.277 e. The Bertz CT molecular complexity index is 3250. The second-order valence-corrected chi connectivity index (χ2v) is 23.7. The van der Waals surface area contributed by atoms with E-state index in [4.69, 9.17) is 22.3 Å². The summed E-state index contributed by atoms with van der Waals surface area (Å²) in [6.45, 7) is 0. The molecule has 332 valence electrons. The molecule has 0 atom stereocenters. The molecular formula is C46H40N6O6S7. The number of amidine groups is 2. The normalized spacial score (nSPS) is 11.7. The zero-order valence-electron chi connectivity index (χ0n) is 34.5. The third kappa shape index (κ3) is 10.3. The third-order valence-electron chi connectivity index (χ3n) is 9.71. The number of hydrogen-bond acceptors (Lipinski definition) is 12. The lowest BCUT2D eigenvalue weighted by Crippen LogP contribution is -2.37. The van der Waals surface area contributed by atoms with Crippen molar-refractivity contribution in [3.63, 3.8) is 0 Å². The summed E-state index contributed by atoms with van der Waals surface area (Å²) in [6, 6.07) is 46.6. The molecule has 0 aliphatic carbocycles. The Morgan fingerprint density at radius 1 is 0.508 bits per heavy atom. The van der Waals surface area contributed by atoms with Crippen LogP contribution in [0.25, 0.3) is 33.0 Å². The summed E-state index contributed by atoms with van der Waals surface area (Å²) in [7, 11) is -13.0. The van der Waals surface area contributed by atoms with E-state index >= 15 is 0 Å². The third-order valence-corrected chi connectivity index (χ3v) is 19.8. The zero-order valence-corrected chi connectivity index (χ0v) is 40.2. The van der Waals surface area contributed by atoms with Gasteiger partial charge in [0.15, 0.2) is 0 Å². The highest BCUT2D eigenvalue weighted by Crippen LogP contribution is 2.43. The Labute approximate surface area is 394 Å². The summed E-state index contributed by atoms with van der Waals surface area (Å²) < 4.78 is 86.4. The number of thiophene rings is 2. The van der Waals surface area contributed by atoms with E-state index in [1.807, 2.05) is 91.2 Å². The van der Waals surface area contributed by atoms with Crippen LogP contribution in [0.15, 0.2) is 187 Å². The van der Waals surface area contributed by atoms with Crippen LogP contribution in [0, 0.1) is 10.8 Å². The first-order valence-corrected chi connectivity index (χ1v) is 27.7. The number of sulfonamides is 3. The Kier molecular flexibility index (Phi) is 14.2. The number of nitrogens with zero attached hydrogens (tertiary/aromatic N) is 1. The average molecular weight is 997 g/mol. The number of nitrogens with two attached hydrogens (primary N) is 2. The van der Waals surface area contributed by atoms with Crippen molar-refractivity contribution >= 4 is 110 Å². The van der Waals surface area contributed by atoms with E-state index in [0.717, 1.165) is 48.6 Å². The Morgan fingerprint density at radius 3 is 1.40 bits per heavy atom. The van der Waals surface area contributed by atoms with Crippen molar-refractivity contribution < 1.29 is 25.3 Å². The molecule has 8 rings (SSSR count). The van der Waals surface area contributed by atoms with E-state index in [9.17, 15) is 25.3 Å². The van der Waals surface area contributed by atoms with Gasteiger partial charge in [-0.05, 0) is 94.1 Å². The predicted octanol–water partition coefficient (Wildman–Crippen LogP) is 10.4. The summed E-state index contributed by atoms with van der Waals surface area (Å²) in [6.07, 6.45) is 3.56. The van der Waals surface area contributed by atoms with Gasteiger partial charge in [0.25, 0.3) is 30.1 Å². The molecule has 0 fully saturated rings. The molecule has 12 nitrogen and oxygen atoms in total. The van der Waals surface area contributed by atoms with Crippen LogP contribution in [0.4, 0.5) is 11.4 Å². The Morgan fingerprint density at radius 2 is 0.923 bits per heavy atom. The van der Waals surface area contributed by atoms with E-state index < -0.39 is 30.1 Å². The molecule has 2 heterocycles. The lowest BCUT2D eigenvalue weighted by Gasteiger charge is -2.24. The van der Waals surface area contributed by atoms with E-state index in [0.29, 0.717) is 18.5 Å². The molecule has 7 N–H and O–H groups in total. The number of thioether (sulfide) groups is 2. The standard InChI is InChI=1S/C30H25N3O4S4.C16H15N3O2S3/c1-38-30-27(20-28(39-30)29(31)32)33(40(34,35)25-16-12-23(13-17-25)21-8-4-2-5-9-21)41(36,37)26-18-14-24(15-19-26)22-10-6-3-7-11-22;1-22-16-13(9-14(23-16)15(17)18)19-24(20,21)12-7-6-10-4-2-3-5-11(10)8-12/h2-20H,1H3,(H3,31,32);2-9,19H,1H3,(H3,17,18). The fourth-order valence-electron chi connectivity index (χ4n) is 6.52. The smallest absolute Gasteiger partial charge is 0.277 e. The lowest BCUT2D eigenvalue weighted by molar-refractivity contribution is 0.583. The van der Waals surface area contributed by atoms with Crippen LogP contribution in [-0.2, 0) is 30.1 Å². The van der Waals surface area contributed by atoms with Gasteiger partial charge >= 0.3 is 0 Å². The molecule has 0 saturated carbocycles. The molecule has 65 heavy (non-hydrogen) atoms. The fraction of sp³-hybridized carbons (Fsp3) is 0.0435. The number of anilines is 2. The molecule has 0 aliphatic heterocycles. The number of nitrogens with one attached hydrogen (secondary N) is 3. The maximum atomic E-state index is 14.2. The second-order valence-electron chi connectivity index (χ2n) is 13.9. The van der Waals surface area contributed by atoms with Gasteiger partial charge in [-0.25, -0.2) is 25.3 Å². The van der Waals surface area contributed by atoms with E-state index in [1.165, 1.54) is 65.2 Å². The van der Waals surface area contributed by atoms with Crippen LogP contribution in [0.5, 0.6) is 0 Å². The molecule has 0 bridgehead atoms. The number of hydrogen-bond donors (Lipinski definition) is 5. The number of benzene rings is 6. The first-order valence-electron chi connectivity index (χ1n) is 19.2. The first-order chi connectivity index (χ1) is 31.0. The van der Waals surface area contributed by atoms with Crippen LogP contribution in [0.2, 0.25) is 0 Å². The van der Waals surface area contributed by atoms with Gasteiger partial charge in [-0.3, -0.25) is 15.5 Å². The van der Waals surface area contributed by atoms with Gasteiger partial charge in [0, 0.05) is 0 Å². The van der Waals surface area contributed by atoms with E-state index in [1.54, 1.807) is 54.8 Å². The molecule has 0 saturated heterocycles. The summed E-state index contributed by atoms with van der Waals surface area (Å²) in [5, 5.41) is 17.2. The van der Waals surface area contributed by atoms with Crippen molar-refractivity contribution in [3.8, 4) is 22.3 Å². The molecule has 0 spiro atoms. The number of fused-ring (bicyclic) bond motifs is 1. The van der Waals surface area contributed by atoms with Crippen LogP contribution in [-0.4, -0.2) is 49.4 Å². The first kappa shape index (κ1) is 47.0. The molecular weight excluding hydrogens is 957 g/mol. The van der Waals surface area contributed by atoms with E-state index in [2.05, 4.69) is 4.72 Å². The van der Waals surface area contributed by atoms with Crippen LogP contribution in [0.1, 0.15) is 9.75 Å². The highest BCUT2D eigenvalue weighted by molar-refractivity contribution is 8.10. The SMILES string of the molecule is CSc1sc(C(=N)N)cc1N(S(=O)(=O)c1ccc(-c2ccccc2)cc1)S(=O)(=O)c1ccc(-c2ccccc2)cc1.CSc1sc(C(=N)N)cc1NS(=O)(=O)c1ccc2ccccc2c1. The quantitative estimate of drug-likeness (QED) is 0.0394. The molecule has 0 unspecified atom stereocenters. The molecule has 6 aromatic carbocycles. The summed E-state index contributed by atoms with van der Waals surface area (Å²) in [4.78, 5) is 0.617. The highest BCUT2D eigenvalue weighted by atomic mass is 32.3. The van der Waals surface area contributed by atoms with Crippen molar-refractivity contribution in [1.29, 1.82) is 10.8 Å². The monoisotopic (exact) mass is 996 g/mol. The van der Waals surface area contributed by atoms with Crippen LogP contribution >= 0.6 is 46.2 Å². The largest absolute Gasteiger partial charge is 0.383 e. The maximum absolute atomic E-state index is 14.2. The number of nitrogen functional groups attached to an aromatic ring is 2. The van der Waals surface area contributed by atoms with Gasteiger partial charge in [-0.1, -0.05) is 115 Å². The molecule has 0 aliphatic rings. The molecule has 2 aromatic heterocycles. The highest BCUT2D eigenvalue weighted by Gasteiger charge is 2.39. The minimum absolute atomic E-state index is 0.0769. The minimum atomic E-state index is -4.64. The van der Waals surface area contributed by atoms with Crippen molar-refractivity contribution in [2.75, 3.05) is 20.9 Å². The zero-order chi connectivity index (χ0) is 46.5. The molecule has 0 amide bonds. The van der Waals surface area contributed by atoms with Gasteiger partial charge in [-0.2, -0.15) is 3.71 Å². The summed E-state index contributed by atoms with van der Waals surface area (Å²) in [5.41, 5.74) is 14.9. The van der Waals surface area contributed by atoms with Crippen molar-refractivity contribution in [3.05, 3.63) is 174 Å². The van der Waals surface area contributed by atoms with Gasteiger partial charge in [0.1, 0.15) is 11.7 Å². The second kappa shape index (κ2) is 19.7. The van der Waals surface area contributed by atoms with Crippen molar-refractivity contribution in [2.24, 2.45) is 11.5 Å². The van der Waals surface area contributed by atoms with Crippen LogP contribution < -0.4 is 19.9 Å². The molecule has 8 aromatic rings. The van der Waals surface area contributed by atoms with E-state index in [-0.39, 0.29) is 36.9 Å². The fourth-order valence-corrected chi connectivity index (χ4v) is 15.0. The Balaban J connectivity index is 0.000000223. The van der Waals surface area contributed by atoms with Gasteiger partial charge < -0.3 is 11.5 Å². The average Bonchev–Trinajstić information content (AvgIpc) is 3.93. The van der Waals surface area contributed by atoms with Gasteiger partial charge in [-0.15, -0.1) is 46.2 Å². The van der Waals surface area contributed by atoms with Gasteiger partial charge in [0.2, 0.25) is 0 Å². The van der Waals surface area contributed by atoms with Crippen molar-refractivity contribution in [2.45, 2.75) is 23.1 Å². The lowest BCUT2D eigenvalue weighted by atomic mass is 10.1. The van der Waals surface area contributed by atoms with Crippen LogP contribution in [0.3, 0.4) is 0 Å². The summed E-state index contributed by atoms with van der Waals surface area (Å²) >= 11 is 4.94. The minimum Gasteiger partial charge on any atom is -0.383 e. The Hall–Kier alpha value is -5.93. The predicted molar refractivity (Wildman–Crippen MR) is 270 cm³/mol. The summed E-state index contributed by atoms with van der Waals surface area (Å²) in [5.74, 6) is -0.364.